The van der Waals surface area contributed by atoms with Gasteiger partial charge in [-0.15, -0.1) is 0 Å². The second-order valence-electron chi connectivity index (χ2n) is 7.49. The summed E-state index contributed by atoms with van der Waals surface area (Å²) in [6.45, 7) is 7.54. The van der Waals surface area contributed by atoms with Crippen LogP contribution in [-0.4, -0.2) is 43.4 Å². The van der Waals surface area contributed by atoms with Crippen molar-refractivity contribution in [2.75, 3.05) is 29.9 Å². The molecule has 2 atom stereocenters. The van der Waals surface area contributed by atoms with E-state index in [0.29, 0.717) is 0 Å². The van der Waals surface area contributed by atoms with Gasteiger partial charge in [-0.05, 0) is 44.4 Å². The molecule has 0 aromatic heterocycles. The number of anilines is 2. The van der Waals surface area contributed by atoms with Crippen LogP contribution in [0.1, 0.15) is 46.5 Å². The fourth-order valence-corrected chi connectivity index (χ4v) is 3.15. The number of carbonyl (C=O) groups excluding carboxylic acids is 3. The number of hydrogen-bond acceptors (Lipinski definition) is 4. The molecular formula is C21H32N4O3. The van der Waals surface area contributed by atoms with E-state index in [0.717, 1.165) is 30.9 Å². The standard InChI is InChI=1S/C21H32N4O3/c1-4-15(2)21(28)22-14-20(27)23-16(3)12-19(26)24-17-8-7-9-18(13-17)25-10-5-6-11-25/h7-9,13,15-16H,4-6,10-12,14H2,1-3H3,(H,22,28)(H,23,27)(H,24,26). The van der Waals surface area contributed by atoms with Crippen LogP contribution in [0.2, 0.25) is 0 Å². The molecule has 154 valence electrons. The van der Waals surface area contributed by atoms with Crippen LogP contribution in [0.4, 0.5) is 11.4 Å². The smallest absolute Gasteiger partial charge is 0.239 e. The number of nitrogens with zero attached hydrogens (tertiary/aromatic N) is 1. The molecule has 1 aliphatic rings. The van der Waals surface area contributed by atoms with E-state index in [9.17, 15) is 14.4 Å². The first kappa shape index (κ1) is 21.7. The third kappa shape index (κ3) is 6.87. The second-order valence-corrected chi connectivity index (χ2v) is 7.49. The molecule has 1 saturated heterocycles. The van der Waals surface area contributed by atoms with Gasteiger partial charge >= 0.3 is 0 Å². The number of hydrogen-bond donors (Lipinski definition) is 3. The van der Waals surface area contributed by atoms with Gasteiger partial charge in [-0.2, -0.15) is 0 Å². The van der Waals surface area contributed by atoms with E-state index in [1.807, 2.05) is 32.0 Å². The molecule has 28 heavy (non-hydrogen) atoms. The van der Waals surface area contributed by atoms with Gasteiger partial charge in [-0.1, -0.05) is 19.9 Å². The van der Waals surface area contributed by atoms with E-state index in [2.05, 4.69) is 26.9 Å². The first-order valence-corrected chi connectivity index (χ1v) is 10.1. The van der Waals surface area contributed by atoms with Gasteiger partial charge in [-0.3, -0.25) is 14.4 Å². The summed E-state index contributed by atoms with van der Waals surface area (Å²) >= 11 is 0. The van der Waals surface area contributed by atoms with Crippen LogP contribution in [0, 0.1) is 5.92 Å². The summed E-state index contributed by atoms with van der Waals surface area (Å²) in [5.74, 6) is -0.712. The Morgan fingerprint density at radius 1 is 1.11 bits per heavy atom. The Bertz CT molecular complexity index is 686. The van der Waals surface area contributed by atoms with Crippen molar-refractivity contribution in [3.63, 3.8) is 0 Å². The van der Waals surface area contributed by atoms with E-state index < -0.39 is 0 Å². The fourth-order valence-electron chi connectivity index (χ4n) is 3.15. The Morgan fingerprint density at radius 3 is 2.50 bits per heavy atom. The molecule has 2 unspecified atom stereocenters. The monoisotopic (exact) mass is 388 g/mol. The summed E-state index contributed by atoms with van der Waals surface area (Å²) in [4.78, 5) is 38.2. The van der Waals surface area contributed by atoms with Crippen LogP contribution in [0.25, 0.3) is 0 Å². The Labute approximate surface area is 167 Å². The summed E-state index contributed by atoms with van der Waals surface area (Å²) < 4.78 is 0. The molecule has 7 heteroatoms. The topological polar surface area (TPSA) is 90.5 Å². The minimum atomic E-state index is -0.324. The highest BCUT2D eigenvalue weighted by Gasteiger charge is 2.16. The van der Waals surface area contributed by atoms with Gasteiger partial charge in [0.1, 0.15) is 0 Å². The van der Waals surface area contributed by atoms with Crippen LogP contribution in [0.3, 0.4) is 0 Å². The van der Waals surface area contributed by atoms with E-state index in [-0.39, 0.29) is 42.6 Å². The Kier molecular flexibility index (Phi) is 8.29. The molecule has 3 N–H and O–H groups in total. The molecule has 7 nitrogen and oxygen atoms in total. The van der Waals surface area contributed by atoms with E-state index in [1.54, 1.807) is 6.92 Å². The van der Waals surface area contributed by atoms with Gasteiger partial charge in [0, 0.05) is 42.8 Å². The fraction of sp³-hybridized carbons (Fsp3) is 0.571. The molecular weight excluding hydrogens is 356 g/mol. The first-order chi connectivity index (χ1) is 13.4. The largest absolute Gasteiger partial charge is 0.371 e. The number of carbonyl (C=O) groups is 3. The zero-order valence-electron chi connectivity index (χ0n) is 17.1. The molecule has 0 radical (unpaired) electrons. The maximum absolute atomic E-state index is 12.3. The maximum atomic E-state index is 12.3. The Morgan fingerprint density at radius 2 is 1.82 bits per heavy atom. The van der Waals surface area contributed by atoms with Crippen molar-refractivity contribution >= 4 is 29.1 Å². The zero-order valence-corrected chi connectivity index (χ0v) is 17.1. The van der Waals surface area contributed by atoms with Gasteiger partial charge in [0.2, 0.25) is 17.7 Å². The Hall–Kier alpha value is -2.57. The highest BCUT2D eigenvalue weighted by atomic mass is 16.2. The number of nitrogens with one attached hydrogen (secondary N) is 3. The molecule has 2 rings (SSSR count). The van der Waals surface area contributed by atoms with Gasteiger partial charge < -0.3 is 20.9 Å². The van der Waals surface area contributed by atoms with Gasteiger partial charge in [0.05, 0.1) is 6.54 Å². The van der Waals surface area contributed by atoms with Gasteiger partial charge in [0.25, 0.3) is 0 Å². The summed E-state index contributed by atoms with van der Waals surface area (Å²) in [5.41, 5.74) is 1.88. The van der Waals surface area contributed by atoms with Crippen LogP contribution in [0.15, 0.2) is 24.3 Å². The molecule has 1 heterocycles. The predicted octanol–water partition coefficient (Wildman–Crippen LogP) is 2.28. The highest BCUT2D eigenvalue weighted by molar-refractivity contribution is 5.92. The minimum Gasteiger partial charge on any atom is -0.371 e. The molecule has 1 aromatic carbocycles. The third-order valence-corrected chi connectivity index (χ3v) is 4.98. The molecule has 0 saturated carbocycles. The summed E-state index contributed by atoms with van der Waals surface area (Å²) in [7, 11) is 0. The number of benzene rings is 1. The summed E-state index contributed by atoms with van der Waals surface area (Å²) in [6.07, 6.45) is 3.29. The van der Waals surface area contributed by atoms with Crippen LogP contribution < -0.4 is 20.9 Å². The van der Waals surface area contributed by atoms with Crippen LogP contribution in [0.5, 0.6) is 0 Å². The molecule has 0 spiro atoms. The molecule has 1 aromatic rings. The lowest BCUT2D eigenvalue weighted by molar-refractivity contribution is -0.128. The molecule has 3 amide bonds. The minimum absolute atomic E-state index is 0.0764. The Balaban J connectivity index is 1.75. The summed E-state index contributed by atoms with van der Waals surface area (Å²) in [5, 5.41) is 8.25. The van der Waals surface area contributed by atoms with Crippen molar-refractivity contribution in [1.29, 1.82) is 0 Å². The molecule has 1 aliphatic heterocycles. The lowest BCUT2D eigenvalue weighted by Gasteiger charge is -2.19. The van der Waals surface area contributed by atoms with Crippen LogP contribution in [-0.2, 0) is 14.4 Å². The van der Waals surface area contributed by atoms with Crippen LogP contribution >= 0.6 is 0 Å². The third-order valence-electron chi connectivity index (χ3n) is 4.98. The van der Waals surface area contributed by atoms with Crippen molar-refractivity contribution < 1.29 is 14.4 Å². The SMILES string of the molecule is CCC(C)C(=O)NCC(=O)NC(C)CC(=O)Nc1cccc(N2CCCC2)c1. The quantitative estimate of drug-likeness (QED) is 0.605. The molecule has 0 aliphatic carbocycles. The molecule has 1 fully saturated rings. The molecule has 0 bridgehead atoms. The highest BCUT2D eigenvalue weighted by Crippen LogP contribution is 2.23. The maximum Gasteiger partial charge on any atom is 0.239 e. The average molecular weight is 389 g/mol. The van der Waals surface area contributed by atoms with E-state index in [4.69, 9.17) is 0 Å². The van der Waals surface area contributed by atoms with Crippen molar-refractivity contribution in [3.05, 3.63) is 24.3 Å². The lowest BCUT2D eigenvalue weighted by Crippen LogP contribution is -2.43. The van der Waals surface area contributed by atoms with E-state index >= 15 is 0 Å². The summed E-state index contributed by atoms with van der Waals surface area (Å²) in [6, 6.07) is 7.52. The van der Waals surface area contributed by atoms with E-state index in [1.165, 1.54) is 12.8 Å². The van der Waals surface area contributed by atoms with Crippen molar-refractivity contribution in [3.8, 4) is 0 Å². The van der Waals surface area contributed by atoms with Gasteiger partial charge in [-0.25, -0.2) is 0 Å². The average Bonchev–Trinajstić information content (AvgIpc) is 3.20. The second kappa shape index (κ2) is 10.7. The zero-order chi connectivity index (χ0) is 20.5. The van der Waals surface area contributed by atoms with Crippen molar-refractivity contribution in [2.24, 2.45) is 5.92 Å². The van der Waals surface area contributed by atoms with Crippen molar-refractivity contribution in [2.45, 2.75) is 52.5 Å². The number of rotatable bonds is 9. The van der Waals surface area contributed by atoms with Crippen molar-refractivity contribution in [1.82, 2.24) is 10.6 Å². The normalized spacial score (nSPS) is 15.6. The van der Waals surface area contributed by atoms with Gasteiger partial charge in [0.15, 0.2) is 0 Å². The number of amides is 3. The lowest BCUT2D eigenvalue weighted by atomic mass is 10.1. The first-order valence-electron chi connectivity index (χ1n) is 10.1. The predicted molar refractivity (Wildman–Crippen MR) is 111 cm³/mol.